The Hall–Kier alpha value is -2.29. The maximum atomic E-state index is 9.07. The molecule has 0 saturated carbocycles. The zero-order chi connectivity index (χ0) is 16.2. The third kappa shape index (κ3) is 3.39. The fourth-order valence-corrected chi connectivity index (χ4v) is 3.01. The number of hydrogen-bond donors (Lipinski definition) is 0. The van der Waals surface area contributed by atoms with Crippen LogP contribution in [-0.4, -0.2) is 20.0 Å². The Labute approximate surface area is 143 Å². The predicted octanol–water partition coefficient (Wildman–Crippen LogP) is 4.59. The molecule has 0 N–H and O–H groups in total. The van der Waals surface area contributed by atoms with Crippen LogP contribution in [0.3, 0.4) is 0 Å². The van der Waals surface area contributed by atoms with Crippen LogP contribution in [0, 0.1) is 11.3 Å². The lowest BCUT2D eigenvalue weighted by atomic mass is 10.2. The first-order chi connectivity index (χ1) is 11.2. The van der Waals surface area contributed by atoms with Gasteiger partial charge in [-0.2, -0.15) is 5.26 Å². The van der Waals surface area contributed by atoms with Gasteiger partial charge in [0.25, 0.3) is 0 Å². The Kier molecular flexibility index (Phi) is 4.65. The molecule has 0 spiro atoms. The van der Waals surface area contributed by atoms with Gasteiger partial charge in [0, 0.05) is 16.3 Å². The molecule has 0 amide bonds. The lowest BCUT2D eigenvalue weighted by Gasteiger charge is -2.11. The standard InChI is InChI=1S/C17H13ClN4S/c1-12(11-19)23-17-21-20-16(13-5-3-2-4-6-13)22(17)15-9-7-14(18)8-10-15/h2-10,12H,1H3. The Balaban J connectivity index is 2.14. The van der Waals surface area contributed by atoms with Crippen molar-refractivity contribution in [2.45, 2.75) is 17.3 Å². The van der Waals surface area contributed by atoms with Crippen LogP contribution >= 0.6 is 23.4 Å². The fraction of sp³-hybridized carbons (Fsp3) is 0.118. The number of halogens is 1. The van der Waals surface area contributed by atoms with Gasteiger partial charge in [-0.05, 0) is 31.2 Å². The van der Waals surface area contributed by atoms with Crippen LogP contribution in [-0.2, 0) is 0 Å². The van der Waals surface area contributed by atoms with E-state index >= 15 is 0 Å². The highest BCUT2D eigenvalue weighted by Crippen LogP contribution is 2.30. The van der Waals surface area contributed by atoms with Gasteiger partial charge in [0.1, 0.15) is 0 Å². The first-order valence-corrected chi connectivity index (χ1v) is 8.28. The van der Waals surface area contributed by atoms with E-state index in [2.05, 4.69) is 16.3 Å². The van der Waals surface area contributed by atoms with Crippen molar-refractivity contribution in [3.05, 3.63) is 59.6 Å². The summed E-state index contributed by atoms with van der Waals surface area (Å²) in [6.45, 7) is 1.84. The first kappa shape index (κ1) is 15.6. The summed E-state index contributed by atoms with van der Waals surface area (Å²) in [6, 6.07) is 19.5. The van der Waals surface area contributed by atoms with E-state index < -0.39 is 0 Å². The third-order valence-electron chi connectivity index (χ3n) is 3.21. The molecule has 23 heavy (non-hydrogen) atoms. The van der Waals surface area contributed by atoms with E-state index in [1.807, 2.05) is 66.1 Å². The van der Waals surface area contributed by atoms with Crippen LogP contribution in [0.25, 0.3) is 17.1 Å². The highest BCUT2D eigenvalue weighted by Gasteiger charge is 2.18. The number of nitriles is 1. The van der Waals surface area contributed by atoms with Crippen molar-refractivity contribution in [2.75, 3.05) is 0 Å². The second-order valence-electron chi connectivity index (χ2n) is 4.87. The summed E-state index contributed by atoms with van der Waals surface area (Å²) in [5.41, 5.74) is 1.87. The third-order valence-corrected chi connectivity index (χ3v) is 4.40. The second-order valence-corrected chi connectivity index (χ2v) is 6.62. The SMILES string of the molecule is CC(C#N)Sc1nnc(-c2ccccc2)n1-c1ccc(Cl)cc1. The molecule has 1 atom stereocenters. The molecule has 0 saturated heterocycles. The molecule has 1 aromatic heterocycles. The van der Waals surface area contributed by atoms with Crippen molar-refractivity contribution in [1.29, 1.82) is 5.26 Å². The second kappa shape index (κ2) is 6.86. The molecule has 0 aliphatic carbocycles. The predicted molar refractivity (Wildman–Crippen MR) is 92.7 cm³/mol. The van der Waals surface area contributed by atoms with Gasteiger partial charge < -0.3 is 0 Å². The van der Waals surface area contributed by atoms with E-state index in [4.69, 9.17) is 16.9 Å². The average molecular weight is 341 g/mol. The molecular weight excluding hydrogens is 328 g/mol. The van der Waals surface area contributed by atoms with Gasteiger partial charge >= 0.3 is 0 Å². The summed E-state index contributed by atoms with van der Waals surface area (Å²) in [4.78, 5) is 0. The molecule has 3 rings (SSSR count). The minimum Gasteiger partial charge on any atom is -0.270 e. The van der Waals surface area contributed by atoms with Gasteiger partial charge in [0.05, 0.1) is 11.3 Å². The van der Waals surface area contributed by atoms with Gasteiger partial charge in [-0.3, -0.25) is 4.57 Å². The van der Waals surface area contributed by atoms with Crippen molar-refractivity contribution >= 4 is 23.4 Å². The van der Waals surface area contributed by atoms with Crippen molar-refractivity contribution in [1.82, 2.24) is 14.8 Å². The van der Waals surface area contributed by atoms with E-state index in [1.54, 1.807) is 0 Å². The van der Waals surface area contributed by atoms with Crippen molar-refractivity contribution in [3.63, 3.8) is 0 Å². The van der Waals surface area contributed by atoms with Gasteiger partial charge in [-0.15, -0.1) is 10.2 Å². The number of benzene rings is 2. The average Bonchev–Trinajstić information content (AvgIpc) is 3.00. The summed E-state index contributed by atoms with van der Waals surface area (Å²) < 4.78 is 1.95. The number of thioether (sulfide) groups is 1. The van der Waals surface area contributed by atoms with Gasteiger partial charge in [-0.25, -0.2) is 0 Å². The maximum Gasteiger partial charge on any atom is 0.197 e. The summed E-state index contributed by atoms with van der Waals surface area (Å²) in [7, 11) is 0. The Bertz CT molecular complexity index is 837. The Morgan fingerprint density at radius 3 is 2.43 bits per heavy atom. The lowest BCUT2D eigenvalue weighted by molar-refractivity contribution is 0.883. The largest absolute Gasteiger partial charge is 0.270 e. The van der Waals surface area contributed by atoms with E-state index in [1.165, 1.54) is 11.8 Å². The molecule has 2 aromatic carbocycles. The van der Waals surface area contributed by atoms with Crippen LogP contribution in [0.1, 0.15) is 6.92 Å². The molecule has 0 bridgehead atoms. The normalized spacial score (nSPS) is 11.9. The quantitative estimate of drug-likeness (QED) is 0.652. The van der Waals surface area contributed by atoms with Crippen LogP contribution in [0.15, 0.2) is 59.8 Å². The summed E-state index contributed by atoms with van der Waals surface area (Å²) >= 11 is 7.37. The smallest absolute Gasteiger partial charge is 0.197 e. The van der Waals surface area contributed by atoms with Crippen LogP contribution in [0.2, 0.25) is 5.02 Å². The van der Waals surface area contributed by atoms with Crippen LogP contribution in [0.5, 0.6) is 0 Å². The van der Waals surface area contributed by atoms with E-state index in [-0.39, 0.29) is 5.25 Å². The molecule has 0 aliphatic rings. The zero-order valence-electron chi connectivity index (χ0n) is 12.3. The Morgan fingerprint density at radius 2 is 1.78 bits per heavy atom. The van der Waals surface area contributed by atoms with Crippen LogP contribution in [0.4, 0.5) is 0 Å². The maximum absolute atomic E-state index is 9.07. The van der Waals surface area contributed by atoms with Crippen molar-refractivity contribution in [2.24, 2.45) is 0 Å². The molecule has 3 aromatic rings. The summed E-state index contributed by atoms with van der Waals surface area (Å²) in [5.74, 6) is 0.737. The van der Waals surface area contributed by atoms with Crippen molar-refractivity contribution in [3.8, 4) is 23.1 Å². The highest BCUT2D eigenvalue weighted by atomic mass is 35.5. The zero-order valence-corrected chi connectivity index (χ0v) is 13.9. The number of hydrogen-bond acceptors (Lipinski definition) is 4. The highest BCUT2D eigenvalue weighted by molar-refractivity contribution is 8.00. The van der Waals surface area contributed by atoms with E-state index in [0.717, 1.165) is 17.1 Å². The first-order valence-electron chi connectivity index (χ1n) is 7.02. The van der Waals surface area contributed by atoms with E-state index in [0.29, 0.717) is 10.2 Å². The molecule has 4 nitrogen and oxygen atoms in total. The molecule has 114 valence electrons. The molecule has 6 heteroatoms. The Morgan fingerprint density at radius 1 is 1.09 bits per heavy atom. The van der Waals surface area contributed by atoms with E-state index in [9.17, 15) is 0 Å². The molecule has 0 radical (unpaired) electrons. The minimum atomic E-state index is -0.214. The molecule has 0 aliphatic heterocycles. The van der Waals surface area contributed by atoms with Gasteiger partial charge in [-0.1, -0.05) is 53.7 Å². The number of rotatable bonds is 4. The molecule has 0 fully saturated rings. The van der Waals surface area contributed by atoms with Crippen molar-refractivity contribution < 1.29 is 0 Å². The lowest BCUT2D eigenvalue weighted by Crippen LogP contribution is -2.01. The topological polar surface area (TPSA) is 54.5 Å². The van der Waals surface area contributed by atoms with Gasteiger partial charge in [0.2, 0.25) is 0 Å². The molecule has 1 heterocycles. The van der Waals surface area contributed by atoms with Gasteiger partial charge in [0.15, 0.2) is 11.0 Å². The fourth-order valence-electron chi connectivity index (χ4n) is 2.13. The van der Waals surface area contributed by atoms with Crippen LogP contribution < -0.4 is 0 Å². The molecular formula is C17H13ClN4S. The monoisotopic (exact) mass is 340 g/mol. The summed E-state index contributed by atoms with van der Waals surface area (Å²) in [6.07, 6.45) is 0. The number of aromatic nitrogens is 3. The number of nitrogens with zero attached hydrogens (tertiary/aromatic N) is 4. The molecule has 1 unspecified atom stereocenters. The minimum absolute atomic E-state index is 0.214. The summed E-state index contributed by atoms with van der Waals surface area (Å²) in [5, 5.41) is 18.8.